The number of nitrogens with zero attached hydrogens (tertiary/aromatic N) is 2. The standard InChI is InChI=1S/C15H26N4S/c1-4-15(7-6-8-15)11-19-14(16-5-2)18-10-13-17-9-12(3)20-13/h9H,4-8,10-11H2,1-3H3,(H2,16,18,19). The second kappa shape index (κ2) is 7.07. The second-order valence-electron chi connectivity index (χ2n) is 5.62. The van der Waals surface area contributed by atoms with Crippen LogP contribution in [0.25, 0.3) is 0 Å². The average Bonchev–Trinajstić information content (AvgIpc) is 2.81. The molecule has 0 unspecified atom stereocenters. The lowest BCUT2D eigenvalue weighted by Crippen LogP contribution is -2.46. The molecule has 4 nitrogen and oxygen atoms in total. The Morgan fingerprint density at radius 2 is 2.20 bits per heavy atom. The molecule has 0 amide bonds. The van der Waals surface area contributed by atoms with Crippen molar-refractivity contribution in [3.05, 3.63) is 16.1 Å². The van der Waals surface area contributed by atoms with E-state index >= 15 is 0 Å². The number of aromatic nitrogens is 1. The maximum atomic E-state index is 4.64. The molecule has 20 heavy (non-hydrogen) atoms. The van der Waals surface area contributed by atoms with Crippen LogP contribution in [0.2, 0.25) is 0 Å². The van der Waals surface area contributed by atoms with E-state index in [1.165, 1.54) is 30.6 Å². The van der Waals surface area contributed by atoms with Crippen molar-refractivity contribution in [2.24, 2.45) is 10.4 Å². The van der Waals surface area contributed by atoms with Crippen molar-refractivity contribution in [3.63, 3.8) is 0 Å². The first-order valence-electron chi connectivity index (χ1n) is 7.61. The van der Waals surface area contributed by atoms with Crippen LogP contribution in [0.4, 0.5) is 0 Å². The van der Waals surface area contributed by atoms with E-state index in [9.17, 15) is 0 Å². The van der Waals surface area contributed by atoms with E-state index in [4.69, 9.17) is 0 Å². The van der Waals surface area contributed by atoms with E-state index in [1.807, 2.05) is 6.20 Å². The van der Waals surface area contributed by atoms with Crippen LogP contribution in [0.15, 0.2) is 11.2 Å². The fourth-order valence-electron chi connectivity index (χ4n) is 2.57. The van der Waals surface area contributed by atoms with Crippen LogP contribution >= 0.6 is 11.3 Å². The van der Waals surface area contributed by atoms with Gasteiger partial charge in [-0.25, -0.2) is 9.98 Å². The van der Waals surface area contributed by atoms with Crippen molar-refractivity contribution in [2.75, 3.05) is 13.1 Å². The number of guanidine groups is 1. The van der Waals surface area contributed by atoms with Gasteiger partial charge in [0.15, 0.2) is 5.96 Å². The molecule has 0 atom stereocenters. The fourth-order valence-corrected chi connectivity index (χ4v) is 3.28. The van der Waals surface area contributed by atoms with Gasteiger partial charge in [0.05, 0.1) is 6.54 Å². The molecule has 5 heteroatoms. The van der Waals surface area contributed by atoms with Crippen LogP contribution in [0.1, 0.15) is 49.4 Å². The topological polar surface area (TPSA) is 49.3 Å². The van der Waals surface area contributed by atoms with Crippen LogP contribution in [-0.4, -0.2) is 24.0 Å². The Morgan fingerprint density at radius 1 is 1.40 bits per heavy atom. The minimum Gasteiger partial charge on any atom is -0.357 e. The summed E-state index contributed by atoms with van der Waals surface area (Å²) in [4.78, 5) is 10.2. The number of hydrogen-bond acceptors (Lipinski definition) is 3. The third kappa shape index (κ3) is 3.95. The minimum atomic E-state index is 0.508. The highest BCUT2D eigenvalue weighted by Crippen LogP contribution is 2.42. The average molecular weight is 294 g/mol. The molecule has 1 heterocycles. The summed E-state index contributed by atoms with van der Waals surface area (Å²) in [5.41, 5.74) is 0.508. The van der Waals surface area contributed by atoms with Crippen molar-refractivity contribution in [1.29, 1.82) is 0 Å². The summed E-state index contributed by atoms with van der Waals surface area (Å²) in [6.07, 6.45) is 7.24. The van der Waals surface area contributed by atoms with Gasteiger partial charge < -0.3 is 10.6 Å². The van der Waals surface area contributed by atoms with Gasteiger partial charge in [-0.3, -0.25) is 0 Å². The summed E-state index contributed by atoms with van der Waals surface area (Å²) in [5, 5.41) is 7.90. The molecular formula is C15H26N4S. The summed E-state index contributed by atoms with van der Waals surface area (Å²) in [6, 6.07) is 0. The molecular weight excluding hydrogens is 268 g/mol. The Bertz CT molecular complexity index is 443. The molecule has 1 aromatic rings. The number of nitrogens with one attached hydrogen (secondary N) is 2. The van der Waals surface area contributed by atoms with Crippen molar-refractivity contribution in [3.8, 4) is 0 Å². The molecule has 0 aliphatic heterocycles. The number of aryl methyl sites for hydroxylation is 1. The first-order chi connectivity index (χ1) is 9.67. The van der Waals surface area contributed by atoms with Gasteiger partial charge in [-0.1, -0.05) is 13.3 Å². The van der Waals surface area contributed by atoms with Crippen LogP contribution in [0.3, 0.4) is 0 Å². The molecule has 2 rings (SSSR count). The van der Waals surface area contributed by atoms with Crippen LogP contribution in [0.5, 0.6) is 0 Å². The molecule has 0 spiro atoms. The van der Waals surface area contributed by atoms with Crippen LogP contribution < -0.4 is 10.6 Å². The van der Waals surface area contributed by atoms with Gasteiger partial charge in [-0.05, 0) is 38.5 Å². The molecule has 1 fully saturated rings. The molecule has 0 aromatic carbocycles. The summed E-state index contributed by atoms with van der Waals surface area (Å²) in [5.74, 6) is 0.917. The molecule has 0 radical (unpaired) electrons. The van der Waals surface area contributed by atoms with Gasteiger partial charge in [-0.2, -0.15) is 0 Å². The first-order valence-corrected chi connectivity index (χ1v) is 8.42. The van der Waals surface area contributed by atoms with E-state index in [1.54, 1.807) is 11.3 Å². The summed E-state index contributed by atoms with van der Waals surface area (Å²) in [7, 11) is 0. The summed E-state index contributed by atoms with van der Waals surface area (Å²) < 4.78 is 0. The summed E-state index contributed by atoms with van der Waals surface area (Å²) in [6.45, 7) is 9.06. The van der Waals surface area contributed by atoms with Crippen LogP contribution in [0, 0.1) is 12.3 Å². The Kier molecular flexibility index (Phi) is 5.40. The number of thiazole rings is 1. The van der Waals surface area contributed by atoms with E-state index in [2.05, 4.69) is 41.4 Å². The van der Waals surface area contributed by atoms with E-state index in [0.29, 0.717) is 12.0 Å². The van der Waals surface area contributed by atoms with E-state index < -0.39 is 0 Å². The van der Waals surface area contributed by atoms with E-state index in [0.717, 1.165) is 24.1 Å². The van der Waals surface area contributed by atoms with Gasteiger partial charge >= 0.3 is 0 Å². The molecule has 2 N–H and O–H groups in total. The highest BCUT2D eigenvalue weighted by atomic mass is 32.1. The molecule has 1 aromatic heterocycles. The number of rotatable bonds is 6. The highest BCUT2D eigenvalue weighted by molar-refractivity contribution is 7.11. The predicted molar refractivity (Wildman–Crippen MR) is 86.2 cm³/mol. The maximum Gasteiger partial charge on any atom is 0.191 e. The van der Waals surface area contributed by atoms with Gasteiger partial charge in [0.1, 0.15) is 5.01 Å². The molecule has 0 saturated heterocycles. The monoisotopic (exact) mass is 294 g/mol. The van der Waals surface area contributed by atoms with Crippen LogP contribution in [-0.2, 0) is 6.54 Å². The Hall–Kier alpha value is -1.10. The van der Waals surface area contributed by atoms with Gasteiger partial charge in [-0.15, -0.1) is 11.3 Å². The third-order valence-electron chi connectivity index (χ3n) is 4.18. The number of aliphatic imine (C=N–C) groups is 1. The van der Waals surface area contributed by atoms with E-state index in [-0.39, 0.29) is 0 Å². The largest absolute Gasteiger partial charge is 0.357 e. The third-order valence-corrected chi connectivity index (χ3v) is 5.08. The van der Waals surface area contributed by atoms with Gasteiger partial charge in [0, 0.05) is 24.2 Å². The van der Waals surface area contributed by atoms with Crippen molar-refractivity contribution < 1.29 is 0 Å². The lowest BCUT2D eigenvalue weighted by molar-refractivity contribution is 0.131. The quantitative estimate of drug-likeness (QED) is 0.626. The fraction of sp³-hybridized carbons (Fsp3) is 0.733. The zero-order valence-corrected chi connectivity index (χ0v) is 13.6. The van der Waals surface area contributed by atoms with Gasteiger partial charge in [0.2, 0.25) is 0 Å². The zero-order chi connectivity index (χ0) is 14.4. The number of hydrogen-bond donors (Lipinski definition) is 2. The SMILES string of the molecule is CCNC(=NCc1ncc(C)s1)NCC1(CC)CCC1. The minimum absolute atomic E-state index is 0.508. The Balaban J connectivity index is 1.88. The smallest absolute Gasteiger partial charge is 0.191 e. The van der Waals surface area contributed by atoms with Crippen molar-refractivity contribution in [2.45, 2.75) is 53.0 Å². The van der Waals surface area contributed by atoms with Crippen molar-refractivity contribution in [1.82, 2.24) is 15.6 Å². The lowest BCUT2D eigenvalue weighted by atomic mass is 9.67. The molecule has 1 saturated carbocycles. The molecule has 1 aliphatic rings. The second-order valence-corrected chi connectivity index (χ2v) is 6.94. The lowest BCUT2D eigenvalue weighted by Gasteiger charge is -2.41. The van der Waals surface area contributed by atoms with Crippen molar-refractivity contribution >= 4 is 17.3 Å². The first kappa shape index (κ1) is 15.3. The predicted octanol–water partition coefficient (Wildman–Crippen LogP) is 3.09. The highest BCUT2D eigenvalue weighted by Gasteiger charge is 2.34. The maximum absolute atomic E-state index is 4.64. The normalized spacial score (nSPS) is 17.6. The Labute approximate surface area is 126 Å². The molecule has 0 bridgehead atoms. The summed E-state index contributed by atoms with van der Waals surface area (Å²) >= 11 is 1.72. The molecule has 112 valence electrons. The zero-order valence-electron chi connectivity index (χ0n) is 12.8. The molecule has 1 aliphatic carbocycles. The Morgan fingerprint density at radius 3 is 2.70 bits per heavy atom. The van der Waals surface area contributed by atoms with Gasteiger partial charge in [0.25, 0.3) is 0 Å².